The number of carbonyl (C=O) groups is 1. The molecule has 1 aliphatic heterocycles. The van der Waals surface area contributed by atoms with E-state index in [0.29, 0.717) is 44.8 Å². The number of hydrogen-bond acceptors (Lipinski definition) is 7. The molecular weight excluding hydrogens is 422 g/mol. The summed E-state index contributed by atoms with van der Waals surface area (Å²) in [5, 5.41) is 14.4. The zero-order chi connectivity index (χ0) is 22.6. The molecule has 0 radical (unpaired) electrons. The fourth-order valence-electron chi connectivity index (χ4n) is 3.57. The van der Waals surface area contributed by atoms with Gasteiger partial charge in [-0.3, -0.25) is 14.9 Å². The molecule has 0 spiro atoms. The molecule has 0 aromatic heterocycles. The van der Waals surface area contributed by atoms with Crippen LogP contribution in [0.3, 0.4) is 0 Å². The number of nitrogens with zero attached hydrogens (tertiary/aromatic N) is 2. The number of carbonyl (C=O) groups excluding carboxylic acids is 1. The van der Waals surface area contributed by atoms with Gasteiger partial charge in [0.25, 0.3) is 11.6 Å². The number of amides is 1. The first kappa shape index (κ1) is 22.7. The van der Waals surface area contributed by atoms with Gasteiger partial charge in [0, 0.05) is 44.6 Å². The van der Waals surface area contributed by atoms with Gasteiger partial charge >= 0.3 is 0 Å². The normalized spacial score (nSPS) is 13.9. The van der Waals surface area contributed by atoms with E-state index >= 15 is 0 Å². The molecule has 1 aliphatic rings. The number of anilines is 1. The molecule has 0 atom stereocenters. The minimum absolute atomic E-state index is 0.169. The zero-order valence-electron chi connectivity index (χ0n) is 17.5. The third-order valence-corrected chi connectivity index (χ3v) is 6.37. The second-order valence-electron chi connectivity index (χ2n) is 7.40. The Hall–Kier alpha value is -2.98. The van der Waals surface area contributed by atoms with Crippen molar-refractivity contribution in [2.24, 2.45) is 0 Å². The third kappa shape index (κ3) is 5.39. The minimum Gasteiger partial charge on any atom is -0.383 e. The highest BCUT2D eigenvalue weighted by atomic mass is 32.2. The number of nitrogens with one attached hydrogen (secondary N) is 1. The van der Waals surface area contributed by atoms with Gasteiger partial charge in [-0.1, -0.05) is 6.07 Å². The van der Waals surface area contributed by atoms with Gasteiger partial charge in [0.15, 0.2) is 9.84 Å². The number of nitro benzene ring substituents is 1. The highest BCUT2D eigenvalue weighted by Crippen LogP contribution is 2.27. The Morgan fingerprint density at radius 3 is 2.52 bits per heavy atom. The van der Waals surface area contributed by atoms with Crippen LogP contribution in [-0.4, -0.2) is 63.8 Å². The fraction of sp³-hybridized carbons (Fsp3) is 0.381. The van der Waals surface area contributed by atoms with E-state index in [-0.39, 0.29) is 22.1 Å². The predicted molar refractivity (Wildman–Crippen MR) is 116 cm³/mol. The van der Waals surface area contributed by atoms with E-state index in [0.717, 1.165) is 11.1 Å². The largest absolute Gasteiger partial charge is 0.383 e. The molecule has 2 aromatic rings. The summed E-state index contributed by atoms with van der Waals surface area (Å²) >= 11 is 0. The predicted octanol–water partition coefficient (Wildman–Crippen LogP) is 2.30. The summed E-state index contributed by atoms with van der Waals surface area (Å²) in [6.07, 6.45) is 2.27. The van der Waals surface area contributed by atoms with Crippen LogP contribution in [0.25, 0.3) is 0 Å². The van der Waals surface area contributed by atoms with Crippen molar-refractivity contribution in [3.8, 4) is 0 Å². The topological polar surface area (TPSA) is 119 Å². The van der Waals surface area contributed by atoms with Crippen LogP contribution in [0.15, 0.2) is 41.3 Å². The van der Waals surface area contributed by atoms with E-state index in [1.54, 1.807) is 36.3 Å². The molecule has 1 heterocycles. The first-order chi connectivity index (χ1) is 14.7. The molecule has 0 fully saturated rings. The smallest absolute Gasteiger partial charge is 0.293 e. The van der Waals surface area contributed by atoms with Crippen molar-refractivity contribution in [3.63, 3.8) is 0 Å². The standard InChI is InChI=1S/C21H25N3O6S/c1-30-12-9-22-19-6-4-17(14-20(19)24(26)27)21(25)23-10-7-15-3-5-18(31(2,28)29)13-16(15)8-11-23/h3-6,13-14,22H,7-12H2,1-2H3. The van der Waals surface area contributed by atoms with E-state index in [4.69, 9.17) is 4.74 Å². The second-order valence-corrected chi connectivity index (χ2v) is 9.42. The zero-order valence-corrected chi connectivity index (χ0v) is 18.3. The lowest BCUT2D eigenvalue weighted by molar-refractivity contribution is -0.384. The number of benzene rings is 2. The monoisotopic (exact) mass is 447 g/mol. The molecule has 0 bridgehead atoms. The average Bonchev–Trinajstić information content (AvgIpc) is 2.95. The van der Waals surface area contributed by atoms with Crippen molar-refractivity contribution in [2.75, 3.05) is 44.9 Å². The summed E-state index contributed by atoms with van der Waals surface area (Å²) in [5.41, 5.74) is 2.31. The lowest BCUT2D eigenvalue weighted by Gasteiger charge is -2.20. The van der Waals surface area contributed by atoms with Gasteiger partial charge in [-0.2, -0.15) is 0 Å². The van der Waals surface area contributed by atoms with Crippen LogP contribution in [0.2, 0.25) is 0 Å². The Bertz CT molecular complexity index is 1100. The summed E-state index contributed by atoms with van der Waals surface area (Å²) in [6.45, 7) is 1.66. The molecule has 0 aliphatic carbocycles. The van der Waals surface area contributed by atoms with Crippen LogP contribution in [-0.2, 0) is 27.4 Å². The lowest BCUT2D eigenvalue weighted by Crippen LogP contribution is -2.33. The number of sulfone groups is 1. The van der Waals surface area contributed by atoms with Crippen LogP contribution in [0, 0.1) is 10.1 Å². The Morgan fingerprint density at radius 1 is 1.16 bits per heavy atom. The Balaban J connectivity index is 1.78. The maximum atomic E-state index is 13.0. The summed E-state index contributed by atoms with van der Waals surface area (Å²) in [6, 6.07) is 9.45. The quantitative estimate of drug-likeness (QED) is 0.393. The molecular formula is C21H25N3O6S. The van der Waals surface area contributed by atoms with Gasteiger partial charge in [-0.15, -0.1) is 0 Å². The first-order valence-electron chi connectivity index (χ1n) is 9.83. The molecule has 2 aromatic carbocycles. The van der Waals surface area contributed by atoms with Gasteiger partial charge < -0.3 is 15.0 Å². The summed E-state index contributed by atoms with van der Waals surface area (Å²) in [4.78, 5) is 25.9. The molecule has 1 N–H and O–H groups in total. The SMILES string of the molecule is COCCNc1ccc(C(=O)N2CCc3ccc(S(C)(=O)=O)cc3CC2)cc1[N+](=O)[O-]. The molecule has 3 rings (SSSR count). The number of hydrogen-bond donors (Lipinski definition) is 1. The van der Waals surface area contributed by atoms with Crippen molar-refractivity contribution < 1.29 is 22.9 Å². The van der Waals surface area contributed by atoms with Gasteiger partial charge in [0.1, 0.15) is 5.69 Å². The van der Waals surface area contributed by atoms with Crippen LogP contribution in [0.4, 0.5) is 11.4 Å². The number of rotatable bonds is 7. The van der Waals surface area contributed by atoms with E-state index < -0.39 is 14.8 Å². The summed E-state index contributed by atoms with van der Waals surface area (Å²) < 4.78 is 28.6. The molecule has 10 heteroatoms. The average molecular weight is 448 g/mol. The number of fused-ring (bicyclic) bond motifs is 1. The van der Waals surface area contributed by atoms with Gasteiger partial charge in [0.2, 0.25) is 0 Å². The Kier molecular flexibility index (Phi) is 6.91. The second kappa shape index (κ2) is 9.44. The summed E-state index contributed by atoms with van der Waals surface area (Å²) in [5.74, 6) is -0.289. The number of methoxy groups -OCH3 is 1. The van der Waals surface area contributed by atoms with Crippen molar-refractivity contribution >= 4 is 27.1 Å². The molecule has 0 saturated carbocycles. The molecule has 1 amide bonds. The highest BCUT2D eigenvalue weighted by Gasteiger charge is 2.24. The van der Waals surface area contributed by atoms with Gasteiger partial charge in [-0.25, -0.2) is 8.42 Å². The van der Waals surface area contributed by atoms with E-state index in [2.05, 4.69) is 5.32 Å². The van der Waals surface area contributed by atoms with E-state index in [9.17, 15) is 23.3 Å². The minimum atomic E-state index is -3.30. The van der Waals surface area contributed by atoms with Crippen LogP contribution >= 0.6 is 0 Å². The number of nitro groups is 1. The Labute approximate surface area is 181 Å². The molecule has 31 heavy (non-hydrogen) atoms. The Morgan fingerprint density at radius 2 is 1.87 bits per heavy atom. The summed E-state index contributed by atoms with van der Waals surface area (Å²) in [7, 11) is -1.76. The van der Waals surface area contributed by atoms with Crippen LogP contribution in [0.5, 0.6) is 0 Å². The molecule has 0 saturated heterocycles. The maximum absolute atomic E-state index is 13.0. The van der Waals surface area contributed by atoms with Crippen molar-refractivity contribution in [2.45, 2.75) is 17.7 Å². The molecule has 166 valence electrons. The first-order valence-corrected chi connectivity index (χ1v) is 11.7. The highest BCUT2D eigenvalue weighted by molar-refractivity contribution is 7.90. The van der Waals surface area contributed by atoms with Crippen LogP contribution < -0.4 is 5.32 Å². The van der Waals surface area contributed by atoms with E-state index in [1.807, 2.05) is 0 Å². The third-order valence-electron chi connectivity index (χ3n) is 5.26. The van der Waals surface area contributed by atoms with Crippen molar-refractivity contribution in [1.29, 1.82) is 0 Å². The molecule has 0 unspecified atom stereocenters. The van der Waals surface area contributed by atoms with Crippen molar-refractivity contribution in [3.05, 3.63) is 63.2 Å². The fourth-order valence-corrected chi connectivity index (χ4v) is 4.24. The van der Waals surface area contributed by atoms with E-state index in [1.165, 1.54) is 18.4 Å². The maximum Gasteiger partial charge on any atom is 0.293 e. The van der Waals surface area contributed by atoms with Crippen LogP contribution in [0.1, 0.15) is 21.5 Å². The van der Waals surface area contributed by atoms with Gasteiger partial charge in [0.05, 0.1) is 16.4 Å². The number of ether oxygens (including phenoxy) is 1. The van der Waals surface area contributed by atoms with Gasteiger partial charge in [-0.05, 0) is 48.2 Å². The molecule has 9 nitrogen and oxygen atoms in total. The lowest BCUT2D eigenvalue weighted by atomic mass is 10.0. The van der Waals surface area contributed by atoms with Crippen molar-refractivity contribution in [1.82, 2.24) is 4.90 Å².